The van der Waals surface area contributed by atoms with Crippen LogP contribution in [0.3, 0.4) is 0 Å². The van der Waals surface area contributed by atoms with E-state index in [1.165, 1.54) is 24.3 Å². The summed E-state index contributed by atoms with van der Waals surface area (Å²) in [5, 5.41) is 8.81. The summed E-state index contributed by atoms with van der Waals surface area (Å²) in [5.74, 6) is 0.272. The average Bonchev–Trinajstić information content (AvgIpc) is 3.15. The number of halogens is 1. The molecule has 1 amide bonds. The molecule has 1 aromatic carbocycles. The minimum atomic E-state index is -0.393. The molecule has 9 heteroatoms. The largest absolute Gasteiger partial charge is 0.310 e. The van der Waals surface area contributed by atoms with Crippen molar-refractivity contribution >= 4 is 46.1 Å². The zero-order valence-corrected chi connectivity index (χ0v) is 16.4. The number of amides is 1. The van der Waals surface area contributed by atoms with Gasteiger partial charge in [-0.3, -0.25) is 4.79 Å². The molecule has 0 fully saturated rings. The fourth-order valence-electron chi connectivity index (χ4n) is 2.57. The van der Waals surface area contributed by atoms with Crippen molar-refractivity contribution in [3.05, 3.63) is 66.2 Å². The van der Waals surface area contributed by atoms with E-state index in [0.29, 0.717) is 21.5 Å². The lowest BCUT2D eigenvalue weighted by atomic mass is 10.3. The van der Waals surface area contributed by atoms with Crippen LogP contribution in [0.1, 0.15) is 6.92 Å². The van der Waals surface area contributed by atoms with Crippen LogP contribution in [0, 0.1) is 0 Å². The minimum Gasteiger partial charge on any atom is -0.310 e. The topological polar surface area (TPSA) is 85.6 Å². The summed E-state index contributed by atoms with van der Waals surface area (Å²) in [6, 6.07) is 13.1. The number of nitrogens with zero attached hydrogens (tertiary/aromatic N) is 5. The Hall–Kier alpha value is -2.97. The molecule has 140 valence electrons. The first-order valence-corrected chi connectivity index (χ1v) is 9.71. The molecule has 0 aliphatic rings. The molecule has 0 unspecified atom stereocenters. The van der Waals surface area contributed by atoms with Gasteiger partial charge in [0, 0.05) is 6.20 Å². The van der Waals surface area contributed by atoms with Crippen LogP contribution < -0.4 is 5.32 Å². The van der Waals surface area contributed by atoms with E-state index in [0.717, 1.165) is 11.1 Å². The quantitative estimate of drug-likeness (QED) is 0.395. The standard InChI is InChI=1S/C19H15ClN6OS/c1-12(18(27)25-16-8-7-13(20)9-21-16)28-19-15-10-24-26(17(15)22-11-23-19)14-5-3-2-4-6-14/h2-12H,1H3,(H,21,25,27)/t12-/m0/s1. The monoisotopic (exact) mass is 410 g/mol. The van der Waals surface area contributed by atoms with E-state index in [9.17, 15) is 4.79 Å². The van der Waals surface area contributed by atoms with E-state index >= 15 is 0 Å². The van der Waals surface area contributed by atoms with Gasteiger partial charge in [-0.25, -0.2) is 19.6 Å². The summed E-state index contributed by atoms with van der Waals surface area (Å²) in [6.07, 6.45) is 4.69. The number of carbonyl (C=O) groups excluding carboxylic acids is 1. The maximum atomic E-state index is 12.5. The number of anilines is 1. The molecule has 3 heterocycles. The molecule has 4 aromatic rings. The minimum absolute atomic E-state index is 0.179. The van der Waals surface area contributed by atoms with Gasteiger partial charge in [-0.05, 0) is 31.2 Å². The molecule has 0 radical (unpaired) electrons. The lowest BCUT2D eigenvalue weighted by Gasteiger charge is -2.11. The number of nitrogens with one attached hydrogen (secondary N) is 1. The highest BCUT2D eigenvalue weighted by molar-refractivity contribution is 8.00. The summed E-state index contributed by atoms with van der Waals surface area (Å²) in [5.41, 5.74) is 1.60. The first-order valence-electron chi connectivity index (χ1n) is 8.45. The van der Waals surface area contributed by atoms with Gasteiger partial charge in [0.1, 0.15) is 17.2 Å². The maximum absolute atomic E-state index is 12.5. The predicted octanol–water partition coefficient (Wildman–Crippen LogP) is 3.98. The van der Waals surface area contributed by atoms with E-state index in [1.54, 1.807) is 23.0 Å². The van der Waals surface area contributed by atoms with Gasteiger partial charge >= 0.3 is 0 Å². The molecule has 1 atom stereocenters. The van der Waals surface area contributed by atoms with E-state index < -0.39 is 5.25 Å². The fourth-order valence-corrected chi connectivity index (χ4v) is 3.56. The molecule has 0 saturated heterocycles. The molecule has 0 aliphatic carbocycles. The van der Waals surface area contributed by atoms with Gasteiger partial charge in [0.25, 0.3) is 0 Å². The second-order valence-electron chi connectivity index (χ2n) is 5.92. The van der Waals surface area contributed by atoms with E-state index in [2.05, 4.69) is 25.4 Å². The lowest BCUT2D eigenvalue weighted by Crippen LogP contribution is -2.23. The van der Waals surface area contributed by atoms with E-state index in [1.807, 2.05) is 37.3 Å². The van der Waals surface area contributed by atoms with Gasteiger partial charge in [-0.2, -0.15) is 5.10 Å². The van der Waals surface area contributed by atoms with Crippen LogP contribution in [-0.2, 0) is 4.79 Å². The summed E-state index contributed by atoms with van der Waals surface area (Å²) in [7, 11) is 0. The molecule has 7 nitrogen and oxygen atoms in total. The predicted molar refractivity (Wildman–Crippen MR) is 110 cm³/mol. The first kappa shape index (κ1) is 18.4. The summed E-state index contributed by atoms with van der Waals surface area (Å²) in [4.78, 5) is 25.3. The molecule has 0 bridgehead atoms. The third kappa shape index (κ3) is 3.83. The SMILES string of the molecule is C[C@H](Sc1ncnc2c1cnn2-c1ccccc1)C(=O)Nc1ccc(Cl)cn1. The van der Waals surface area contributed by atoms with E-state index in [-0.39, 0.29) is 5.91 Å². The van der Waals surface area contributed by atoms with Crippen LogP contribution in [0.25, 0.3) is 16.7 Å². The average molecular weight is 411 g/mol. The van der Waals surface area contributed by atoms with Crippen LogP contribution in [0.5, 0.6) is 0 Å². The van der Waals surface area contributed by atoms with Crippen LogP contribution in [-0.4, -0.2) is 35.9 Å². The van der Waals surface area contributed by atoms with Gasteiger partial charge < -0.3 is 5.32 Å². The van der Waals surface area contributed by atoms with E-state index in [4.69, 9.17) is 11.6 Å². The highest BCUT2D eigenvalue weighted by Crippen LogP contribution is 2.29. The van der Waals surface area contributed by atoms with Gasteiger partial charge in [0.05, 0.1) is 27.5 Å². The van der Waals surface area contributed by atoms with Gasteiger partial charge in [0.2, 0.25) is 5.91 Å². The Morgan fingerprint density at radius 1 is 1.11 bits per heavy atom. The van der Waals surface area contributed by atoms with Crippen LogP contribution >= 0.6 is 23.4 Å². The first-order chi connectivity index (χ1) is 13.6. The fraction of sp³-hybridized carbons (Fsp3) is 0.105. The Morgan fingerprint density at radius 2 is 1.93 bits per heavy atom. The van der Waals surface area contributed by atoms with Crippen molar-refractivity contribution in [2.75, 3.05) is 5.32 Å². The van der Waals surface area contributed by atoms with Crippen LogP contribution in [0.4, 0.5) is 5.82 Å². The van der Waals surface area contributed by atoms with Crippen molar-refractivity contribution in [3.63, 3.8) is 0 Å². The Morgan fingerprint density at radius 3 is 2.68 bits per heavy atom. The van der Waals surface area contributed by atoms with Crippen LogP contribution in [0.2, 0.25) is 5.02 Å². The summed E-state index contributed by atoms with van der Waals surface area (Å²) in [6.45, 7) is 1.81. The van der Waals surface area contributed by atoms with Crippen LogP contribution in [0.15, 0.2) is 66.2 Å². The Kier molecular flexibility index (Phi) is 5.23. The van der Waals surface area contributed by atoms with Gasteiger partial charge in [-0.1, -0.05) is 41.6 Å². The van der Waals surface area contributed by atoms with Crippen molar-refractivity contribution in [1.29, 1.82) is 0 Å². The number of rotatable bonds is 5. The molecule has 0 spiro atoms. The molecule has 28 heavy (non-hydrogen) atoms. The number of carbonyl (C=O) groups is 1. The third-order valence-electron chi connectivity index (χ3n) is 3.97. The highest BCUT2D eigenvalue weighted by atomic mass is 35.5. The number of pyridine rings is 1. The molecule has 1 N–H and O–H groups in total. The second-order valence-corrected chi connectivity index (χ2v) is 7.68. The molecule has 4 rings (SSSR count). The zero-order chi connectivity index (χ0) is 19.5. The van der Waals surface area contributed by atoms with Crippen molar-refractivity contribution in [3.8, 4) is 5.69 Å². The number of para-hydroxylation sites is 1. The molecular weight excluding hydrogens is 396 g/mol. The smallest absolute Gasteiger partial charge is 0.238 e. The Labute approximate surface area is 170 Å². The highest BCUT2D eigenvalue weighted by Gasteiger charge is 2.19. The third-order valence-corrected chi connectivity index (χ3v) is 5.31. The summed E-state index contributed by atoms with van der Waals surface area (Å²) >= 11 is 7.16. The van der Waals surface area contributed by atoms with Gasteiger partial charge in [0.15, 0.2) is 5.65 Å². The maximum Gasteiger partial charge on any atom is 0.238 e. The molecule has 0 saturated carbocycles. The molecule has 0 aliphatic heterocycles. The van der Waals surface area contributed by atoms with Gasteiger partial charge in [-0.15, -0.1) is 0 Å². The van der Waals surface area contributed by atoms with Crippen molar-refractivity contribution in [2.24, 2.45) is 0 Å². The zero-order valence-electron chi connectivity index (χ0n) is 14.8. The van der Waals surface area contributed by atoms with Crippen molar-refractivity contribution in [1.82, 2.24) is 24.7 Å². The molecule has 3 aromatic heterocycles. The summed E-state index contributed by atoms with van der Waals surface area (Å²) < 4.78 is 1.75. The number of fused-ring (bicyclic) bond motifs is 1. The molecular formula is C19H15ClN6OS. The lowest BCUT2D eigenvalue weighted by molar-refractivity contribution is -0.115. The number of hydrogen-bond acceptors (Lipinski definition) is 6. The Bertz CT molecular complexity index is 1120. The Balaban J connectivity index is 1.55. The number of hydrogen-bond donors (Lipinski definition) is 1. The second kappa shape index (κ2) is 7.95. The van der Waals surface area contributed by atoms with Crippen molar-refractivity contribution < 1.29 is 4.79 Å². The normalized spacial score (nSPS) is 12.1. The number of aromatic nitrogens is 5. The number of benzene rings is 1. The van der Waals surface area contributed by atoms with Crippen molar-refractivity contribution in [2.45, 2.75) is 17.2 Å². The number of thioether (sulfide) groups is 1.